The molecule has 0 aliphatic carbocycles. The zero-order valence-corrected chi connectivity index (χ0v) is 9.24. The molecule has 10 heteroatoms. The minimum Gasteiger partial charge on any atom is -0.258 e. The molecule has 94 valence electrons. The van der Waals surface area contributed by atoms with Crippen LogP contribution in [0.2, 0.25) is 0 Å². The van der Waals surface area contributed by atoms with E-state index in [1.807, 2.05) is 0 Å². The highest BCUT2D eigenvalue weighted by Crippen LogP contribution is 2.34. The number of alkyl halides is 2. The van der Waals surface area contributed by atoms with Crippen molar-refractivity contribution in [3.63, 3.8) is 0 Å². The number of aryl methyl sites for hydroxylation is 1. The number of hydrogen-bond donors (Lipinski definition) is 1. The molecular formula is C7H7F2N3O4S. The molecule has 1 rings (SSSR count). The summed E-state index contributed by atoms with van der Waals surface area (Å²) in [5, 5.41) is 14.1. The topological polar surface area (TPSA) is 116 Å². The average Bonchev–Trinajstić information content (AvgIpc) is 2.14. The van der Waals surface area contributed by atoms with Gasteiger partial charge < -0.3 is 0 Å². The standard InChI is InChI=1S/C7H7F2N3O4S/c1-3-2-11-7(17(10,15)16)4(6(8)9)5(3)12(13)14/h2,6H,1H3,(H2,10,15,16). The Hall–Kier alpha value is -1.68. The molecule has 0 bridgehead atoms. The normalized spacial score (nSPS) is 11.8. The van der Waals surface area contributed by atoms with Gasteiger partial charge in [-0.25, -0.2) is 27.3 Å². The van der Waals surface area contributed by atoms with E-state index in [1.165, 1.54) is 6.92 Å². The Morgan fingerprint density at radius 2 is 2.06 bits per heavy atom. The molecule has 0 fully saturated rings. The van der Waals surface area contributed by atoms with E-state index in [2.05, 4.69) is 10.1 Å². The average molecular weight is 267 g/mol. The zero-order chi connectivity index (χ0) is 13.4. The highest BCUT2D eigenvalue weighted by molar-refractivity contribution is 7.89. The lowest BCUT2D eigenvalue weighted by atomic mass is 10.1. The Balaban J connectivity index is 3.78. The summed E-state index contributed by atoms with van der Waals surface area (Å²) in [6.07, 6.45) is -2.56. The van der Waals surface area contributed by atoms with Gasteiger partial charge in [0.15, 0.2) is 5.03 Å². The lowest BCUT2D eigenvalue weighted by molar-refractivity contribution is -0.387. The van der Waals surface area contributed by atoms with E-state index in [-0.39, 0.29) is 5.56 Å². The lowest BCUT2D eigenvalue weighted by Gasteiger charge is -2.08. The predicted molar refractivity (Wildman–Crippen MR) is 52.0 cm³/mol. The van der Waals surface area contributed by atoms with Crippen molar-refractivity contribution in [2.45, 2.75) is 18.4 Å². The highest BCUT2D eigenvalue weighted by atomic mass is 32.2. The number of primary sulfonamides is 1. The second kappa shape index (κ2) is 4.30. The fraction of sp³-hybridized carbons (Fsp3) is 0.286. The van der Waals surface area contributed by atoms with Gasteiger partial charge in [-0.3, -0.25) is 10.1 Å². The lowest BCUT2D eigenvalue weighted by Crippen LogP contribution is -2.18. The van der Waals surface area contributed by atoms with Crippen LogP contribution in [0.4, 0.5) is 14.5 Å². The molecule has 17 heavy (non-hydrogen) atoms. The van der Waals surface area contributed by atoms with Crippen LogP contribution in [0.1, 0.15) is 17.6 Å². The molecule has 0 atom stereocenters. The van der Waals surface area contributed by atoms with E-state index >= 15 is 0 Å². The molecule has 0 amide bonds. The third-order valence-corrected chi connectivity index (χ3v) is 2.77. The van der Waals surface area contributed by atoms with Crippen LogP contribution in [0.15, 0.2) is 11.2 Å². The number of rotatable bonds is 3. The highest BCUT2D eigenvalue weighted by Gasteiger charge is 2.33. The van der Waals surface area contributed by atoms with Gasteiger partial charge in [-0.1, -0.05) is 0 Å². The van der Waals surface area contributed by atoms with Gasteiger partial charge in [0, 0.05) is 11.8 Å². The van der Waals surface area contributed by atoms with Crippen molar-refractivity contribution in [1.29, 1.82) is 0 Å². The Morgan fingerprint density at radius 1 is 1.53 bits per heavy atom. The Labute approximate surface area is 94.5 Å². The molecule has 1 heterocycles. The van der Waals surface area contributed by atoms with Crippen molar-refractivity contribution >= 4 is 15.7 Å². The molecule has 0 unspecified atom stereocenters. The van der Waals surface area contributed by atoms with Crippen LogP contribution < -0.4 is 5.14 Å². The first-order chi connectivity index (χ1) is 7.66. The van der Waals surface area contributed by atoms with Crippen molar-refractivity contribution in [3.8, 4) is 0 Å². The number of sulfonamides is 1. The summed E-state index contributed by atoms with van der Waals surface area (Å²) in [6, 6.07) is 0. The van der Waals surface area contributed by atoms with Gasteiger partial charge in [0.25, 0.3) is 22.1 Å². The zero-order valence-electron chi connectivity index (χ0n) is 8.42. The quantitative estimate of drug-likeness (QED) is 0.644. The summed E-state index contributed by atoms with van der Waals surface area (Å²) in [7, 11) is -4.55. The fourth-order valence-electron chi connectivity index (χ4n) is 1.27. The van der Waals surface area contributed by atoms with Gasteiger partial charge in [-0.2, -0.15) is 0 Å². The molecule has 0 spiro atoms. The molecule has 0 saturated carbocycles. The molecule has 0 radical (unpaired) electrons. The van der Waals surface area contributed by atoms with Crippen LogP contribution in [-0.2, 0) is 10.0 Å². The van der Waals surface area contributed by atoms with Gasteiger partial charge >= 0.3 is 0 Å². The first kappa shape index (κ1) is 13.4. The van der Waals surface area contributed by atoms with Crippen LogP contribution in [0.3, 0.4) is 0 Å². The molecule has 1 aromatic heterocycles. The number of hydrogen-bond acceptors (Lipinski definition) is 5. The summed E-state index contributed by atoms with van der Waals surface area (Å²) >= 11 is 0. The van der Waals surface area contributed by atoms with Crippen molar-refractivity contribution < 1.29 is 22.1 Å². The SMILES string of the molecule is Cc1cnc(S(N)(=O)=O)c(C(F)F)c1[N+](=O)[O-]. The van der Waals surface area contributed by atoms with Crippen LogP contribution in [0.25, 0.3) is 0 Å². The van der Waals surface area contributed by atoms with E-state index in [4.69, 9.17) is 0 Å². The molecule has 2 N–H and O–H groups in total. The number of nitrogens with zero attached hydrogens (tertiary/aromatic N) is 2. The first-order valence-corrected chi connectivity index (χ1v) is 5.65. The van der Waals surface area contributed by atoms with E-state index < -0.39 is 37.6 Å². The van der Waals surface area contributed by atoms with Gasteiger partial charge in [-0.15, -0.1) is 0 Å². The summed E-state index contributed by atoms with van der Waals surface area (Å²) in [6.45, 7) is 1.17. The largest absolute Gasteiger partial charge is 0.285 e. The second-order valence-electron chi connectivity index (χ2n) is 3.11. The van der Waals surface area contributed by atoms with Crippen molar-refractivity contribution in [2.75, 3.05) is 0 Å². The number of pyridine rings is 1. The van der Waals surface area contributed by atoms with Crippen LogP contribution in [-0.4, -0.2) is 18.3 Å². The molecule has 1 aromatic rings. The smallest absolute Gasteiger partial charge is 0.258 e. The summed E-state index contributed by atoms with van der Waals surface area (Å²) in [5.74, 6) is 0. The molecule has 0 aromatic carbocycles. The van der Waals surface area contributed by atoms with Gasteiger partial charge in [0.1, 0.15) is 5.56 Å². The van der Waals surface area contributed by atoms with Crippen LogP contribution in [0.5, 0.6) is 0 Å². The minimum absolute atomic E-state index is 0.169. The van der Waals surface area contributed by atoms with Crippen molar-refractivity contribution in [2.24, 2.45) is 5.14 Å². The third-order valence-electron chi connectivity index (χ3n) is 1.90. The van der Waals surface area contributed by atoms with Gasteiger partial charge in [-0.05, 0) is 6.92 Å². The van der Waals surface area contributed by atoms with E-state index in [9.17, 15) is 27.3 Å². The molecule has 0 aliphatic heterocycles. The van der Waals surface area contributed by atoms with Crippen molar-refractivity contribution in [1.82, 2.24) is 4.98 Å². The maximum absolute atomic E-state index is 12.7. The maximum Gasteiger partial charge on any atom is 0.285 e. The number of nitrogens with two attached hydrogens (primary N) is 1. The number of aromatic nitrogens is 1. The molecule has 0 aliphatic rings. The van der Waals surface area contributed by atoms with Gasteiger partial charge in [0.2, 0.25) is 0 Å². The molecule has 0 saturated heterocycles. The van der Waals surface area contributed by atoms with Crippen molar-refractivity contribution in [3.05, 3.63) is 27.4 Å². The Morgan fingerprint density at radius 3 is 2.41 bits per heavy atom. The molecular weight excluding hydrogens is 260 g/mol. The predicted octanol–water partition coefficient (Wildman–Crippen LogP) is 0.883. The summed E-state index contributed by atoms with van der Waals surface area (Å²) in [5.41, 5.74) is -2.44. The summed E-state index contributed by atoms with van der Waals surface area (Å²) in [4.78, 5) is 12.8. The number of halogens is 2. The maximum atomic E-state index is 12.7. The monoisotopic (exact) mass is 267 g/mol. The van der Waals surface area contributed by atoms with E-state index in [0.717, 1.165) is 6.20 Å². The Kier molecular flexibility index (Phi) is 3.38. The van der Waals surface area contributed by atoms with Crippen LogP contribution >= 0.6 is 0 Å². The van der Waals surface area contributed by atoms with Crippen LogP contribution in [0, 0.1) is 17.0 Å². The third kappa shape index (κ3) is 2.53. The van der Waals surface area contributed by atoms with Gasteiger partial charge in [0.05, 0.1) is 4.92 Å². The Bertz CT molecular complexity index is 573. The summed E-state index contributed by atoms with van der Waals surface area (Å²) < 4.78 is 47.4. The minimum atomic E-state index is -4.55. The molecule has 7 nitrogen and oxygen atoms in total. The number of nitro groups is 1. The second-order valence-corrected chi connectivity index (χ2v) is 4.59. The van der Waals surface area contributed by atoms with E-state index in [0.29, 0.717) is 0 Å². The van der Waals surface area contributed by atoms with E-state index in [1.54, 1.807) is 0 Å². The first-order valence-electron chi connectivity index (χ1n) is 4.11. The fourth-order valence-corrected chi connectivity index (χ4v) is 1.96.